The zero-order valence-electron chi connectivity index (χ0n) is 15.4. The fourth-order valence-corrected chi connectivity index (χ4v) is 4.59. The molecule has 0 saturated heterocycles. The van der Waals surface area contributed by atoms with E-state index in [2.05, 4.69) is 17.1 Å². The van der Waals surface area contributed by atoms with Gasteiger partial charge < -0.3 is 4.74 Å². The van der Waals surface area contributed by atoms with E-state index in [-0.39, 0.29) is 11.1 Å². The van der Waals surface area contributed by atoms with E-state index in [0.29, 0.717) is 0 Å². The number of benzene rings is 2. The Kier molecular flexibility index (Phi) is 5.45. The molecular formula is C21H18FN3OS2. The Labute approximate surface area is 171 Å². The summed E-state index contributed by atoms with van der Waals surface area (Å²) in [6.45, 7) is 2.07. The number of thiophene rings is 1. The molecule has 0 unspecified atom stereocenters. The first kappa shape index (κ1) is 18.7. The van der Waals surface area contributed by atoms with Crippen molar-refractivity contribution in [3.8, 4) is 22.1 Å². The fourth-order valence-electron chi connectivity index (χ4n) is 2.90. The van der Waals surface area contributed by atoms with Crippen LogP contribution in [0.4, 0.5) is 4.39 Å². The molecule has 2 aromatic carbocycles. The molecule has 1 atom stereocenters. The van der Waals surface area contributed by atoms with Gasteiger partial charge in [0.15, 0.2) is 11.0 Å². The van der Waals surface area contributed by atoms with Gasteiger partial charge in [0.2, 0.25) is 0 Å². The Bertz CT molecular complexity index is 1060. The number of rotatable bonds is 6. The van der Waals surface area contributed by atoms with Crippen LogP contribution in [0, 0.1) is 5.82 Å². The van der Waals surface area contributed by atoms with Gasteiger partial charge in [-0.05, 0) is 48.2 Å². The molecule has 0 radical (unpaired) electrons. The van der Waals surface area contributed by atoms with Crippen LogP contribution in [0.1, 0.15) is 17.7 Å². The SMILES string of the molecule is COc1ccccc1-n1c(S[C@H](C)c2ccc(F)cc2)nnc1-c1cccs1. The van der Waals surface area contributed by atoms with Crippen molar-refractivity contribution in [1.29, 1.82) is 0 Å². The van der Waals surface area contributed by atoms with E-state index in [1.165, 1.54) is 12.1 Å². The molecule has 0 bridgehead atoms. The number of thioether (sulfide) groups is 1. The summed E-state index contributed by atoms with van der Waals surface area (Å²) in [6.07, 6.45) is 0. The van der Waals surface area contributed by atoms with Crippen molar-refractivity contribution in [2.24, 2.45) is 0 Å². The highest BCUT2D eigenvalue weighted by Crippen LogP contribution is 2.39. The van der Waals surface area contributed by atoms with Crippen LogP contribution < -0.4 is 4.74 Å². The van der Waals surface area contributed by atoms with Crippen LogP contribution in [0.5, 0.6) is 5.75 Å². The molecule has 142 valence electrons. The zero-order chi connectivity index (χ0) is 19.5. The van der Waals surface area contributed by atoms with Crippen molar-refractivity contribution < 1.29 is 9.13 Å². The molecule has 0 aliphatic rings. The summed E-state index contributed by atoms with van der Waals surface area (Å²) in [5, 5.41) is 11.8. The summed E-state index contributed by atoms with van der Waals surface area (Å²) >= 11 is 3.19. The molecule has 0 aliphatic heterocycles. The number of hydrogen-bond donors (Lipinski definition) is 0. The third kappa shape index (κ3) is 3.68. The number of methoxy groups -OCH3 is 1. The Morgan fingerprint density at radius 1 is 1.04 bits per heavy atom. The van der Waals surface area contributed by atoms with Crippen molar-refractivity contribution in [3.05, 3.63) is 77.4 Å². The molecule has 0 spiro atoms. The fraction of sp³-hybridized carbons (Fsp3) is 0.143. The van der Waals surface area contributed by atoms with Crippen LogP contribution in [0.25, 0.3) is 16.4 Å². The summed E-state index contributed by atoms with van der Waals surface area (Å²) in [5.41, 5.74) is 1.91. The number of hydrogen-bond acceptors (Lipinski definition) is 5. The molecule has 0 N–H and O–H groups in total. The van der Waals surface area contributed by atoms with Gasteiger partial charge in [-0.2, -0.15) is 0 Å². The largest absolute Gasteiger partial charge is 0.495 e. The number of para-hydroxylation sites is 2. The van der Waals surface area contributed by atoms with Gasteiger partial charge in [0.05, 0.1) is 17.7 Å². The summed E-state index contributed by atoms with van der Waals surface area (Å²) < 4.78 is 20.9. The van der Waals surface area contributed by atoms with E-state index in [0.717, 1.165) is 32.9 Å². The Hall–Kier alpha value is -2.64. The third-order valence-corrected chi connectivity index (χ3v) is 6.29. The molecule has 2 aromatic heterocycles. The first-order chi connectivity index (χ1) is 13.7. The first-order valence-electron chi connectivity index (χ1n) is 8.72. The lowest BCUT2D eigenvalue weighted by Gasteiger charge is -2.15. The quantitative estimate of drug-likeness (QED) is 0.365. The lowest BCUT2D eigenvalue weighted by atomic mass is 10.2. The Morgan fingerprint density at radius 2 is 1.82 bits per heavy atom. The Balaban J connectivity index is 1.78. The highest BCUT2D eigenvalue weighted by atomic mass is 32.2. The predicted octanol–water partition coefficient (Wildman–Crippen LogP) is 6.00. The van der Waals surface area contributed by atoms with Crippen LogP contribution in [-0.2, 0) is 0 Å². The van der Waals surface area contributed by atoms with Gasteiger partial charge in [0.1, 0.15) is 11.6 Å². The topological polar surface area (TPSA) is 39.9 Å². The maximum absolute atomic E-state index is 13.3. The zero-order valence-corrected chi connectivity index (χ0v) is 17.0. The third-order valence-electron chi connectivity index (χ3n) is 4.32. The van der Waals surface area contributed by atoms with Crippen LogP contribution in [0.15, 0.2) is 71.2 Å². The molecule has 0 fully saturated rings. The molecule has 28 heavy (non-hydrogen) atoms. The molecule has 0 saturated carbocycles. The van der Waals surface area contributed by atoms with E-state index in [4.69, 9.17) is 4.74 Å². The molecule has 2 heterocycles. The minimum Gasteiger partial charge on any atom is -0.495 e. The van der Waals surface area contributed by atoms with Crippen molar-refractivity contribution >= 4 is 23.1 Å². The van der Waals surface area contributed by atoms with Crippen molar-refractivity contribution in [1.82, 2.24) is 14.8 Å². The Morgan fingerprint density at radius 3 is 2.54 bits per heavy atom. The maximum Gasteiger partial charge on any atom is 0.196 e. The van der Waals surface area contributed by atoms with Gasteiger partial charge in [0, 0.05) is 5.25 Å². The summed E-state index contributed by atoms with van der Waals surface area (Å²) in [6, 6.07) is 18.4. The van der Waals surface area contributed by atoms with Gasteiger partial charge in [0.25, 0.3) is 0 Å². The molecular weight excluding hydrogens is 393 g/mol. The van der Waals surface area contributed by atoms with E-state index in [9.17, 15) is 4.39 Å². The smallest absolute Gasteiger partial charge is 0.196 e. The lowest BCUT2D eigenvalue weighted by Crippen LogP contribution is -2.02. The molecule has 7 heteroatoms. The highest BCUT2D eigenvalue weighted by Gasteiger charge is 2.21. The number of halogens is 1. The normalized spacial score (nSPS) is 12.1. The van der Waals surface area contributed by atoms with Gasteiger partial charge in [-0.25, -0.2) is 4.39 Å². The minimum absolute atomic E-state index is 0.0782. The number of ether oxygens (including phenoxy) is 1. The number of aromatic nitrogens is 3. The van der Waals surface area contributed by atoms with Crippen molar-refractivity contribution in [2.75, 3.05) is 7.11 Å². The minimum atomic E-state index is -0.238. The average molecular weight is 412 g/mol. The molecule has 4 nitrogen and oxygen atoms in total. The predicted molar refractivity (Wildman–Crippen MR) is 112 cm³/mol. The van der Waals surface area contributed by atoms with E-state index in [1.807, 2.05) is 46.3 Å². The van der Waals surface area contributed by atoms with Gasteiger partial charge in [-0.15, -0.1) is 21.5 Å². The highest BCUT2D eigenvalue weighted by molar-refractivity contribution is 7.99. The molecule has 4 aromatic rings. The standard InChI is InChI=1S/C21H18FN3OS2/c1-14(15-9-11-16(22)12-10-15)28-21-24-23-20(19-8-5-13-27-19)25(21)17-6-3-4-7-18(17)26-2/h3-14H,1-2H3/t14-/m1/s1. The number of nitrogens with zero attached hydrogens (tertiary/aromatic N) is 3. The average Bonchev–Trinajstić information content (AvgIpc) is 3.38. The van der Waals surface area contributed by atoms with Crippen LogP contribution in [0.3, 0.4) is 0 Å². The van der Waals surface area contributed by atoms with Crippen LogP contribution >= 0.6 is 23.1 Å². The van der Waals surface area contributed by atoms with Crippen molar-refractivity contribution in [2.45, 2.75) is 17.3 Å². The summed E-state index contributed by atoms with van der Waals surface area (Å²) in [4.78, 5) is 1.03. The van der Waals surface area contributed by atoms with Crippen LogP contribution in [0.2, 0.25) is 0 Å². The van der Waals surface area contributed by atoms with E-state index < -0.39 is 0 Å². The first-order valence-corrected chi connectivity index (χ1v) is 10.5. The maximum atomic E-state index is 13.3. The van der Waals surface area contributed by atoms with E-state index >= 15 is 0 Å². The van der Waals surface area contributed by atoms with E-state index in [1.54, 1.807) is 42.3 Å². The van der Waals surface area contributed by atoms with Crippen molar-refractivity contribution in [3.63, 3.8) is 0 Å². The van der Waals surface area contributed by atoms with Gasteiger partial charge in [-0.1, -0.05) is 42.1 Å². The summed E-state index contributed by atoms with van der Waals surface area (Å²) in [5.74, 6) is 1.28. The van der Waals surface area contributed by atoms with Crippen LogP contribution in [-0.4, -0.2) is 21.9 Å². The van der Waals surface area contributed by atoms with Gasteiger partial charge >= 0.3 is 0 Å². The second-order valence-electron chi connectivity index (χ2n) is 6.10. The van der Waals surface area contributed by atoms with Gasteiger partial charge in [-0.3, -0.25) is 4.57 Å². The lowest BCUT2D eigenvalue weighted by molar-refractivity contribution is 0.412. The second-order valence-corrected chi connectivity index (χ2v) is 8.36. The molecule has 0 aliphatic carbocycles. The molecule has 4 rings (SSSR count). The second kappa shape index (κ2) is 8.16. The summed E-state index contributed by atoms with van der Waals surface area (Å²) in [7, 11) is 1.65. The molecule has 0 amide bonds. The monoisotopic (exact) mass is 411 g/mol.